The zero-order valence-electron chi connectivity index (χ0n) is 18.9. The first-order valence-electron chi connectivity index (χ1n) is 11.2. The van der Waals surface area contributed by atoms with E-state index >= 15 is 0 Å². The molecule has 0 atom stereocenters. The summed E-state index contributed by atoms with van der Waals surface area (Å²) in [6, 6.07) is 7.86. The molecule has 9 heteroatoms. The summed E-state index contributed by atoms with van der Waals surface area (Å²) in [6.07, 6.45) is 8.18. The molecule has 0 aliphatic carbocycles. The molecule has 2 aromatic heterocycles. The van der Waals surface area contributed by atoms with Gasteiger partial charge in [-0.05, 0) is 31.0 Å². The van der Waals surface area contributed by atoms with Crippen molar-refractivity contribution < 1.29 is 0 Å². The van der Waals surface area contributed by atoms with Crippen LogP contribution in [0.4, 0.5) is 5.95 Å². The van der Waals surface area contributed by atoms with Gasteiger partial charge in [0.15, 0.2) is 11.2 Å². The first kappa shape index (κ1) is 24.0. The Morgan fingerprint density at radius 3 is 2.44 bits per heavy atom. The summed E-state index contributed by atoms with van der Waals surface area (Å²) in [5, 5.41) is 4.48. The number of fused-ring (bicyclic) bond motifs is 1. The minimum Gasteiger partial charge on any atom is -0.303 e. The highest BCUT2D eigenvalue weighted by molar-refractivity contribution is 9.10. The van der Waals surface area contributed by atoms with E-state index < -0.39 is 11.2 Å². The molecule has 2 heterocycles. The third kappa shape index (κ3) is 5.76. The van der Waals surface area contributed by atoms with Gasteiger partial charge in [0.25, 0.3) is 5.56 Å². The van der Waals surface area contributed by atoms with Crippen molar-refractivity contribution >= 4 is 38.8 Å². The van der Waals surface area contributed by atoms with Crippen molar-refractivity contribution in [2.45, 2.75) is 65.3 Å². The third-order valence-electron chi connectivity index (χ3n) is 5.58. The Morgan fingerprint density at radius 1 is 1.09 bits per heavy atom. The highest BCUT2D eigenvalue weighted by Crippen LogP contribution is 2.18. The Bertz CT molecular complexity index is 1190. The number of H-pyrrole nitrogens is 1. The van der Waals surface area contributed by atoms with Gasteiger partial charge in [-0.1, -0.05) is 73.5 Å². The lowest BCUT2D eigenvalue weighted by Crippen LogP contribution is -2.29. The van der Waals surface area contributed by atoms with Gasteiger partial charge in [0.05, 0.1) is 5.71 Å². The van der Waals surface area contributed by atoms with E-state index in [0.717, 1.165) is 28.6 Å². The molecule has 3 aromatic rings. The number of imidazole rings is 1. The molecule has 0 bridgehead atoms. The van der Waals surface area contributed by atoms with E-state index in [1.54, 1.807) is 7.05 Å². The highest BCUT2D eigenvalue weighted by atomic mass is 79.9. The van der Waals surface area contributed by atoms with Crippen LogP contribution < -0.4 is 16.7 Å². The Morgan fingerprint density at radius 2 is 1.75 bits per heavy atom. The minimum atomic E-state index is -0.482. The number of aromatic amines is 1. The Balaban J connectivity index is 1.84. The van der Waals surface area contributed by atoms with Crippen LogP contribution in [0.1, 0.15) is 64.4 Å². The predicted molar refractivity (Wildman–Crippen MR) is 134 cm³/mol. The summed E-state index contributed by atoms with van der Waals surface area (Å²) in [6.45, 7) is 4.74. The standard InChI is InChI=1S/C23H31BrN6O2/c1-4-5-6-7-8-9-10-15-30-19-20(29(3)23(32)26-21(19)31)25-22(30)28-27-16(2)17-11-13-18(24)14-12-17/h11-14H,4-10,15H2,1-3H3,(H,25,28)(H,26,31,32)/b27-16-. The Kier molecular flexibility index (Phi) is 8.44. The number of aryl methyl sites for hydroxylation is 2. The predicted octanol–water partition coefficient (Wildman–Crippen LogP) is 4.77. The molecule has 0 aliphatic rings. The van der Waals surface area contributed by atoms with Gasteiger partial charge in [-0.25, -0.2) is 10.2 Å². The molecule has 0 saturated carbocycles. The Labute approximate surface area is 195 Å². The molecule has 32 heavy (non-hydrogen) atoms. The zero-order valence-corrected chi connectivity index (χ0v) is 20.5. The number of benzene rings is 1. The number of aromatic nitrogens is 4. The van der Waals surface area contributed by atoms with Gasteiger partial charge in [-0.15, -0.1) is 0 Å². The molecule has 1 aromatic carbocycles. The maximum atomic E-state index is 12.6. The van der Waals surface area contributed by atoms with Gasteiger partial charge >= 0.3 is 5.69 Å². The van der Waals surface area contributed by atoms with Crippen molar-refractivity contribution in [3.05, 3.63) is 55.1 Å². The first-order valence-corrected chi connectivity index (χ1v) is 12.0. The van der Waals surface area contributed by atoms with Crippen molar-refractivity contribution in [1.29, 1.82) is 0 Å². The maximum Gasteiger partial charge on any atom is 0.329 e. The SMILES string of the molecule is CCCCCCCCCn1c(N/N=C(/C)c2ccc(Br)cc2)nc2c1c(=O)[nH]c(=O)n2C. The molecule has 0 radical (unpaired) electrons. The number of anilines is 1. The highest BCUT2D eigenvalue weighted by Gasteiger charge is 2.17. The molecule has 2 N–H and O–H groups in total. The lowest BCUT2D eigenvalue weighted by atomic mass is 10.1. The molecule has 3 rings (SSSR count). The first-order chi connectivity index (χ1) is 15.4. The summed E-state index contributed by atoms with van der Waals surface area (Å²) < 4.78 is 4.19. The largest absolute Gasteiger partial charge is 0.329 e. The topological polar surface area (TPSA) is 97.1 Å². The van der Waals surface area contributed by atoms with E-state index in [0.29, 0.717) is 23.7 Å². The van der Waals surface area contributed by atoms with Crippen molar-refractivity contribution in [1.82, 2.24) is 19.1 Å². The minimum absolute atomic E-state index is 0.348. The summed E-state index contributed by atoms with van der Waals surface area (Å²) in [5.74, 6) is 0.453. The average Bonchev–Trinajstić information content (AvgIpc) is 3.15. The van der Waals surface area contributed by atoms with Crippen molar-refractivity contribution in [3.8, 4) is 0 Å². The number of hydrazone groups is 1. The van der Waals surface area contributed by atoms with E-state index in [1.165, 1.54) is 36.7 Å². The smallest absolute Gasteiger partial charge is 0.303 e. The van der Waals surface area contributed by atoms with Crippen LogP contribution in [-0.4, -0.2) is 24.8 Å². The van der Waals surface area contributed by atoms with Gasteiger partial charge in [-0.2, -0.15) is 10.1 Å². The number of nitrogens with one attached hydrogen (secondary N) is 2. The maximum absolute atomic E-state index is 12.6. The van der Waals surface area contributed by atoms with Crippen LogP contribution in [0.5, 0.6) is 0 Å². The fourth-order valence-corrected chi connectivity index (χ4v) is 3.92. The number of rotatable bonds is 11. The second-order valence-electron chi connectivity index (χ2n) is 8.01. The van der Waals surface area contributed by atoms with Crippen LogP contribution in [0.3, 0.4) is 0 Å². The van der Waals surface area contributed by atoms with E-state index in [2.05, 4.69) is 43.3 Å². The average molecular weight is 503 g/mol. The van der Waals surface area contributed by atoms with E-state index in [1.807, 2.05) is 35.8 Å². The lowest BCUT2D eigenvalue weighted by molar-refractivity contribution is 0.556. The molecule has 0 aliphatic heterocycles. The van der Waals surface area contributed by atoms with Crippen molar-refractivity contribution in [3.63, 3.8) is 0 Å². The monoisotopic (exact) mass is 502 g/mol. The number of unbranched alkanes of at least 4 members (excludes halogenated alkanes) is 6. The van der Waals surface area contributed by atoms with E-state index in [9.17, 15) is 9.59 Å². The van der Waals surface area contributed by atoms with Gasteiger partial charge in [0, 0.05) is 18.1 Å². The third-order valence-corrected chi connectivity index (χ3v) is 6.11. The molecule has 8 nitrogen and oxygen atoms in total. The number of halogens is 1. The normalized spacial score (nSPS) is 11.9. The van der Waals surface area contributed by atoms with Crippen LogP contribution in [0, 0.1) is 0 Å². The number of hydrogen-bond acceptors (Lipinski definition) is 5. The van der Waals surface area contributed by atoms with Crippen molar-refractivity contribution in [2.75, 3.05) is 5.43 Å². The summed E-state index contributed by atoms with van der Waals surface area (Å²) >= 11 is 3.44. The van der Waals surface area contributed by atoms with Crippen LogP contribution in [0.15, 0.2) is 43.4 Å². The fraction of sp³-hybridized carbons (Fsp3) is 0.478. The van der Waals surface area contributed by atoms with E-state index in [-0.39, 0.29) is 0 Å². The zero-order chi connectivity index (χ0) is 23.1. The molecular weight excluding hydrogens is 472 g/mol. The van der Waals surface area contributed by atoms with Crippen LogP contribution in [0.2, 0.25) is 0 Å². The molecule has 0 fully saturated rings. The van der Waals surface area contributed by atoms with Crippen LogP contribution in [0.25, 0.3) is 11.2 Å². The number of nitrogens with zero attached hydrogens (tertiary/aromatic N) is 4. The summed E-state index contributed by atoms with van der Waals surface area (Å²) in [5.41, 5.74) is 4.60. The second kappa shape index (κ2) is 11.3. The van der Waals surface area contributed by atoms with Gasteiger partial charge in [0.1, 0.15) is 0 Å². The summed E-state index contributed by atoms with van der Waals surface area (Å²) in [7, 11) is 1.60. The van der Waals surface area contributed by atoms with E-state index in [4.69, 9.17) is 0 Å². The molecule has 0 unspecified atom stereocenters. The second-order valence-corrected chi connectivity index (χ2v) is 8.93. The Hall–Kier alpha value is -2.68. The van der Waals surface area contributed by atoms with Crippen molar-refractivity contribution in [2.24, 2.45) is 12.1 Å². The van der Waals surface area contributed by atoms with Crippen LogP contribution in [-0.2, 0) is 13.6 Å². The number of hydrogen-bond donors (Lipinski definition) is 2. The molecular formula is C23H31BrN6O2. The van der Waals surface area contributed by atoms with Crippen LogP contribution >= 0.6 is 15.9 Å². The molecule has 172 valence electrons. The quantitative estimate of drug-likeness (QED) is 0.224. The molecule has 0 amide bonds. The van der Waals surface area contributed by atoms with Gasteiger partial charge < -0.3 is 4.57 Å². The summed E-state index contributed by atoms with van der Waals surface area (Å²) in [4.78, 5) is 31.5. The molecule has 0 spiro atoms. The fourth-order valence-electron chi connectivity index (χ4n) is 3.65. The van der Waals surface area contributed by atoms with Gasteiger partial charge in [0.2, 0.25) is 5.95 Å². The lowest BCUT2D eigenvalue weighted by Gasteiger charge is -2.09. The molecule has 0 saturated heterocycles. The van der Waals surface area contributed by atoms with Gasteiger partial charge in [-0.3, -0.25) is 14.3 Å².